The van der Waals surface area contributed by atoms with Crippen LogP contribution in [0.4, 0.5) is 0 Å². The van der Waals surface area contributed by atoms with Crippen molar-refractivity contribution in [3.05, 3.63) is 52.7 Å². The molecular formula is C48H69NO12. The molecule has 6 rings (SSSR count). The van der Waals surface area contributed by atoms with Gasteiger partial charge in [0.2, 0.25) is 5.91 Å². The van der Waals surface area contributed by atoms with E-state index in [1.165, 1.54) is 38.2 Å². The van der Waals surface area contributed by atoms with E-state index in [1.807, 2.05) is 19.9 Å². The minimum Gasteiger partial charge on any atom is -0.464 e. The average Bonchev–Trinajstić information content (AvgIpc) is 3.44. The van der Waals surface area contributed by atoms with E-state index in [0.29, 0.717) is 31.2 Å². The van der Waals surface area contributed by atoms with Gasteiger partial charge < -0.3 is 44.7 Å². The van der Waals surface area contributed by atoms with Gasteiger partial charge in [-0.3, -0.25) is 14.4 Å². The molecule has 1 aromatic rings. The standard InChI is InChI=1S/C48H69NO12/c1-27(50)59-34-24-46(7)32-23-36(51)48(9)30(29-16-19-37(44(4,5)56)60-41(29)54)20-21-47(48,8)31(32)17-18-35(46)43(2,3)40(34)61-39(53)26-45(6,57)25-38(52)49-33(42(55)58-10)22-28-14-12-11-13-15-28/h11-15,22,29-30,34-37,40-41,51,54,56-57H,16-21,23-26H2,1-10H3,(H,49,52)/b33-22-/t29-,30-,34-,35+,36+,37-,40+,41?,45?,46-,47+,48+/m1/s1. The van der Waals surface area contributed by atoms with E-state index >= 15 is 0 Å². The third kappa shape index (κ3) is 8.71. The van der Waals surface area contributed by atoms with Crippen LogP contribution in [-0.4, -0.2) is 93.3 Å². The fourth-order valence-corrected chi connectivity index (χ4v) is 12.9. The molecule has 0 radical (unpaired) electrons. The summed E-state index contributed by atoms with van der Waals surface area (Å²) in [6.07, 6.45) is 1.73. The molecule has 13 heteroatoms. The first-order valence-corrected chi connectivity index (χ1v) is 22.0. The predicted octanol–water partition coefficient (Wildman–Crippen LogP) is 5.91. The van der Waals surface area contributed by atoms with Gasteiger partial charge in [0.05, 0.1) is 43.4 Å². The molecule has 4 aliphatic carbocycles. The molecule has 13 nitrogen and oxygen atoms in total. The summed E-state index contributed by atoms with van der Waals surface area (Å²) in [6.45, 7) is 16.8. The Morgan fingerprint density at radius 1 is 0.918 bits per heavy atom. The first-order chi connectivity index (χ1) is 28.3. The van der Waals surface area contributed by atoms with E-state index in [2.05, 4.69) is 26.1 Å². The van der Waals surface area contributed by atoms with Crippen molar-refractivity contribution < 1.29 is 58.6 Å². The summed E-state index contributed by atoms with van der Waals surface area (Å²) in [5, 5.41) is 48.3. The van der Waals surface area contributed by atoms with Gasteiger partial charge >= 0.3 is 17.9 Å². The fourth-order valence-electron chi connectivity index (χ4n) is 12.9. The van der Waals surface area contributed by atoms with Crippen molar-refractivity contribution in [3.8, 4) is 0 Å². The smallest absolute Gasteiger partial charge is 0.354 e. The summed E-state index contributed by atoms with van der Waals surface area (Å²) < 4.78 is 23.1. The lowest BCUT2D eigenvalue weighted by atomic mass is 9.42. The number of nitrogens with one attached hydrogen (secondary N) is 1. The zero-order valence-electron chi connectivity index (χ0n) is 37.7. The molecule has 5 N–H and O–H groups in total. The number of aliphatic hydroxyl groups excluding tert-OH is 2. The molecular weight excluding hydrogens is 783 g/mol. The van der Waals surface area contributed by atoms with Crippen molar-refractivity contribution in [1.82, 2.24) is 5.32 Å². The van der Waals surface area contributed by atoms with E-state index in [-0.39, 0.29) is 28.9 Å². The van der Waals surface area contributed by atoms with Gasteiger partial charge in [0.15, 0.2) is 6.29 Å². The molecule has 61 heavy (non-hydrogen) atoms. The second-order valence-electron chi connectivity index (χ2n) is 20.8. The molecule has 1 amide bonds. The molecule has 2 saturated carbocycles. The monoisotopic (exact) mass is 851 g/mol. The number of benzene rings is 1. The first kappa shape index (κ1) is 46.9. The molecule has 0 spiro atoms. The molecule has 3 fully saturated rings. The van der Waals surface area contributed by atoms with Crippen LogP contribution in [0.3, 0.4) is 0 Å². The minimum atomic E-state index is -1.86. The molecule has 12 atom stereocenters. The summed E-state index contributed by atoms with van der Waals surface area (Å²) in [4.78, 5) is 52.2. The van der Waals surface area contributed by atoms with E-state index in [4.69, 9.17) is 18.9 Å². The highest BCUT2D eigenvalue weighted by Gasteiger charge is 2.69. The lowest BCUT2D eigenvalue weighted by Gasteiger charge is -2.64. The maximum Gasteiger partial charge on any atom is 0.354 e. The molecule has 0 bridgehead atoms. The average molecular weight is 852 g/mol. The van der Waals surface area contributed by atoms with Crippen LogP contribution in [0.5, 0.6) is 0 Å². The molecule has 1 aromatic carbocycles. The van der Waals surface area contributed by atoms with Gasteiger partial charge in [-0.15, -0.1) is 0 Å². The number of amides is 1. The molecule has 1 saturated heterocycles. The maximum absolute atomic E-state index is 13.8. The first-order valence-electron chi connectivity index (χ1n) is 22.0. The number of carbonyl (C=O) groups excluding carboxylic acids is 4. The SMILES string of the molecule is COC(=O)/C(=C/c1ccccc1)NC(=O)CC(C)(O)CC(=O)O[C@H]1[C@H](OC(C)=O)C[C@]2(C)C3=C(CC[C@H]2C1(C)C)[C@]1(C)CC[C@H]([C@H]2CC[C@H](C(C)(C)O)OC2O)[C@@]1(C)[C@@H](O)C3. The Morgan fingerprint density at radius 2 is 1.59 bits per heavy atom. The molecule has 1 heterocycles. The Balaban J connectivity index is 1.21. The van der Waals surface area contributed by atoms with Gasteiger partial charge in [-0.25, -0.2) is 4.79 Å². The van der Waals surface area contributed by atoms with Crippen LogP contribution in [0.15, 0.2) is 47.2 Å². The van der Waals surface area contributed by atoms with Crippen LogP contribution >= 0.6 is 0 Å². The lowest BCUT2D eigenvalue weighted by Crippen LogP contribution is -2.63. The second-order valence-corrected chi connectivity index (χ2v) is 20.8. The Labute approximate surface area is 360 Å². The number of hydrogen-bond acceptors (Lipinski definition) is 12. The number of carbonyl (C=O) groups is 4. The molecule has 338 valence electrons. The second kappa shape index (κ2) is 16.8. The zero-order chi connectivity index (χ0) is 45.1. The van der Waals surface area contributed by atoms with Crippen molar-refractivity contribution >= 4 is 29.9 Å². The molecule has 1 aliphatic heterocycles. The highest BCUT2D eigenvalue weighted by Crippen LogP contribution is 2.73. The van der Waals surface area contributed by atoms with Gasteiger partial charge in [0.1, 0.15) is 17.9 Å². The molecule has 0 aromatic heterocycles. The maximum atomic E-state index is 13.8. The largest absolute Gasteiger partial charge is 0.464 e. The van der Waals surface area contributed by atoms with Crippen molar-refractivity contribution in [1.29, 1.82) is 0 Å². The number of allylic oxidation sites excluding steroid dienone is 1. The van der Waals surface area contributed by atoms with Crippen molar-refractivity contribution in [2.75, 3.05) is 7.11 Å². The van der Waals surface area contributed by atoms with Crippen molar-refractivity contribution in [3.63, 3.8) is 0 Å². The number of hydrogen-bond donors (Lipinski definition) is 5. The van der Waals surface area contributed by atoms with Crippen LogP contribution in [-0.2, 0) is 38.1 Å². The number of methoxy groups -OCH3 is 1. The molecule has 5 aliphatic rings. The Kier molecular flexibility index (Phi) is 12.9. The lowest BCUT2D eigenvalue weighted by molar-refractivity contribution is -0.251. The number of rotatable bonds is 11. The van der Waals surface area contributed by atoms with Crippen LogP contribution in [0, 0.1) is 39.4 Å². The van der Waals surface area contributed by atoms with E-state index in [0.717, 1.165) is 25.7 Å². The quantitative estimate of drug-likeness (QED) is 0.0766. The minimum absolute atomic E-state index is 0.00541. The van der Waals surface area contributed by atoms with E-state index in [1.54, 1.807) is 38.1 Å². The third-order valence-corrected chi connectivity index (χ3v) is 15.9. The zero-order valence-corrected chi connectivity index (χ0v) is 37.7. The highest BCUT2D eigenvalue weighted by molar-refractivity contribution is 5.98. The van der Waals surface area contributed by atoms with Crippen LogP contribution in [0.25, 0.3) is 6.08 Å². The fraction of sp³-hybridized carbons (Fsp3) is 0.708. The predicted molar refractivity (Wildman–Crippen MR) is 226 cm³/mol. The van der Waals surface area contributed by atoms with Gasteiger partial charge in [-0.2, -0.15) is 0 Å². The van der Waals surface area contributed by atoms with Crippen LogP contribution < -0.4 is 5.32 Å². The van der Waals surface area contributed by atoms with Gasteiger partial charge in [-0.1, -0.05) is 76.1 Å². The Morgan fingerprint density at radius 3 is 2.20 bits per heavy atom. The van der Waals surface area contributed by atoms with Crippen LogP contribution in [0.2, 0.25) is 0 Å². The third-order valence-electron chi connectivity index (χ3n) is 15.9. The normalized spacial score (nSPS) is 37.0. The summed E-state index contributed by atoms with van der Waals surface area (Å²) in [7, 11) is 1.19. The summed E-state index contributed by atoms with van der Waals surface area (Å²) in [5.41, 5.74) is -2.09. The topological polar surface area (TPSA) is 198 Å². The van der Waals surface area contributed by atoms with Gasteiger partial charge in [-0.05, 0) is 106 Å². The van der Waals surface area contributed by atoms with Crippen molar-refractivity contribution in [2.24, 2.45) is 39.4 Å². The Bertz CT molecular complexity index is 1920. The van der Waals surface area contributed by atoms with Crippen LogP contribution in [0.1, 0.15) is 132 Å². The number of fused-ring (bicyclic) bond motifs is 4. The summed E-state index contributed by atoms with van der Waals surface area (Å²) >= 11 is 0. The highest BCUT2D eigenvalue weighted by atomic mass is 16.6. The number of esters is 3. The summed E-state index contributed by atoms with van der Waals surface area (Å²) in [6, 6.07) is 8.86. The van der Waals surface area contributed by atoms with E-state index in [9.17, 15) is 39.6 Å². The summed E-state index contributed by atoms with van der Waals surface area (Å²) in [5.74, 6) is -3.00. The Hall–Kier alpha value is -3.62. The van der Waals surface area contributed by atoms with Gasteiger partial charge in [0, 0.05) is 23.7 Å². The van der Waals surface area contributed by atoms with E-state index < -0.39 is 94.8 Å². The van der Waals surface area contributed by atoms with Gasteiger partial charge in [0.25, 0.3) is 0 Å². The van der Waals surface area contributed by atoms with Crippen molar-refractivity contribution in [2.45, 2.75) is 168 Å². The number of aliphatic hydroxyl groups is 4. The molecule has 2 unspecified atom stereocenters. The number of ether oxygens (including phenoxy) is 4.